The number of nitrogens with zero attached hydrogens (tertiary/aromatic N) is 2. The number of nitrogens with one attached hydrogen (secondary N) is 1. The second kappa shape index (κ2) is 5.87. The van der Waals surface area contributed by atoms with Crippen molar-refractivity contribution in [2.45, 2.75) is 32.7 Å². The summed E-state index contributed by atoms with van der Waals surface area (Å²) in [4.78, 5) is 0. The maximum absolute atomic E-state index is 5.54. The van der Waals surface area contributed by atoms with E-state index in [-0.39, 0.29) is 6.04 Å². The van der Waals surface area contributed by atoms with Gasteiger partial charge in [0.2, 0.25) is 0 Å². The molecule has 2 rings (SSSR count). The van der Waals surface area contributed by atoms with E-state index in [4.69, 9.17) is 4.42 Å². The third-order valence-corrected chi connectivity index (χ3v) is 3.05. The number of aryl methyl sites for hydroxylation is 2. The fourth-order valence-electron chi connectivity index (χ4n) is 2.08. The zero-order valence-electron chi connectivity index (χ0n) is 11.3. The van der Waals surface area contributed by atoms with Crippen LogP contribution in [-0.4, -0.2) is 16.3 Å². The summed E-state index contributed by atoms with van der Waals surface area (Å²) in [7, 11) is 1.98. The van der Waals surface area contributed by atoms with Crippen molar-refractivity contribution < 1.29 is 4.42 Å². The molecule has 4 heteroatoms. The molecule has 0 spiro atoms. The lowest BCUT2D eigenvalue weighted by Gasteiger charge is -2.16. The Morgan fingerprint density at radius 3 is 2.83 bits per heavy atom. The van der Waals surface area contributed by atoms with Crippen LogP contribution < -0.4 is 5.32 Å². The van der Waals surface area contributed by atoms with Crippen molar-refractivity contribution in [2.75, 3.05) is 6.54 Å². The molecule has 1 atom stereocenters. The predicted octanol–water partition coefficient (Wildman–Crippen LogP) is 2.66. The summed E-state index contributed by atoms with van der Waals surface area (Å²) in [5.41, 5.74) is 2.26. The number of furan rings is 1. The van der Waals surface area contributed by atoms with Crippen LogP contribution in [0.15, 0.2) is 28.9 Å². The molecular weight excluding hydrogens is 226 g/mol. The number of hydrogen-bond acceptors (Lipinski definition) is 3. The van der Waals surface area contributed by atoms with Crippen molar-refractivity contribution in [2.24, 2.45) is 7.05 Å². The van der Waals surface area contributed by atoms with E-state index in [2.05, 4.69) is 30.3 Å². The third kappa shape index (κ3) is 2.64. The second-order valence-electron chi connectivity index (χ2n) is 4.44. The van der Waals surface area contributed by atoms with Crippen molar-refractivity contribution in [1.82, 2.24) is 15.1 Å². The molecule has 2 aromatic heterocycles. The van der Waals surface area contributed by atoms with E-state index in [1.54, 1.807) is 6.26 Å². The van der Waals surface area contributed by atoms with Crippen molar-refractivity contribution in [1.29, 1.82) is 0 Å². The zero-order valence-corrected chi connectivity index (χ0v) is 11.3. The molecule has 0 aromatic carbocycles. The monoisotopic (exact) mass is 247 g/mol. The molecule has 0 saturated heterocycles. The summed E-state index contributed by atoms with van der Waals surface area (Å²) in [6.45, 7) is 5.23. The molecule has 4 nitrogen and oxygen atoms in total. The highest BCUT2D eigenvalue weighted by atomic mass is 16.3. The Labute approximate surface area is 108 Å². The first-order chi connectivity index (χ1) is 8.76. The highest BCUT2D eigenvalue weighted by molar-refractivity contribution is 5.22. The minimum atomic E-state index is 0.0812. The molecule has 98 valence electrons. The first kappa shape index (κ1) is 12.9. The van der Waals surface area contributed by atoms with Gasteiger partial charge in [0.25, 0.3) is 0 Å². The Morgan fingerprint density at radius 2 is 2.28 bits per heavy atom. The fourth-order valence-corrected chi connectivity index (χ4v) is 2.08. The third-order valence-electron chi connectivity index (χ3n) is 3.05. The molecule has 0 aliphatic rings. The molecule has 0 amide bonds. The van der Waals surface area contributed by atoms with E-state index in [9.17, 15) is 0 Å². The van der Waals surface area contributed by atoms with Crippen LogP contribution in [-0.2, 0) is 13.5 Å². The minimum Gasteiger partial charge on any atom is -0.467 e. The molecule has 0 aliphatic carbocycles. The Hall–Kier alpha value is -1.55. The van der Waals surface area contributed by atoms with Crippen molar-refractivity contribution in [3.63, 3.8) is 0 Å². The van der Waals surface area contributed by atoms with Gasteiger partial charge in [-0.15, -0.1) is 0 Å². The molecule has 0 aliphatic heterocycles. The van der Waals surface area contributed by atoms with Gasteiger partial charge in [-0.3, -0.25) is 4.68 Å². The molecule has 0 radical (unpaired) electrons. The van der Waals surface area contributed by atoms with E-state index in [1.807, 2.05) is 23.9 Å². The van der Waals surface area contributed by atoms with E-state index in [1.165, 1.54) is 0 Å². The van der Waals surface area contributed by atoms with Gasteiger partial charge in [0.1, 0.15) is 11.8 Å². The standard InChI is InChI=1S/C14H21N3O/c1-4-8-15-14(13-7-6-9-18-13)12-10-11(5-2)16-17(12)3/h6-7,9-10,14-15H,4-5,8H2,1-3H3. The van der Waals surface area contributed by atoms with Gasteiger partial charge in [0, 0.05) is 7.05 Å². The molecule has 1 unspecified atom stereocenters. The smallest absolute Gasteiger partial charge is 0.126 e. The fraction of sp³-hybridized carbons (Fsp3) is 0.500. The molecule has 0 bridgehead atoms. The summed E-state index contributed by atoms with van der Waals surface area (Å²) >= 11 is 0. The van der Waals surface area contributed by atoms with Gasteiger partial charge < -0.3 is 9.73 Å². The van der Waals surface area contributed by atoms with Crippen LogP contribution in [0.3, 0.4) is 0 Å². The summed E-state index contributed by atoms with van der Waals surface area (Å²) in [5, 5.41) is 8.01. The van der Waals surface area contributed by atoms with E-state index in [0.29, 0.717) is 0 Å². The molecule has 0 saturated carbocycles. The van der Waals surface area contributed by atoms with Gasteiger partial charge >= 0.3 is 0 Å². The Kier molecular flexibility index (Phi) is 4.20. The summed E-state index contributed by atoms with van der Waals surface area (Å²) in [5.74, 6) is 0.939. The van der Waals surface area contributed by atoms with E-state index in [0.717, 1.165) is 36.5 Å². The van der Waals surface area contributed by atoms with Crippen molar-refractivity contribution in [3.8, 4) is 0 Å². The summed E-state index contributed by atoms with van der Waals surface area (Å²) in [6, 6.07) is 6.16. The lowest BCUT2D eigenvalue weighted by molar-refractivity contribution is 0.432. The van der Waals surface area contributed by atoms with Crippen LogP contribution in [0.25, 0.3) is 0 Å². The van der Waals surface area contributed by atoms with Crippen LogP contribution in [0.4, 0.5) is 0 Å². The average Bonchev–Trinajstić information content (AvgIpc) is 3.00. The average molecular weight is 247 g/mol. The normalized spacial score (nSPS) is 12.8. The van der Waals surface area contributed by atoms with Crippen LogP contribution in [0.2, 0.25) is 0 Å². The van der Waals surface area contributed by atoms with Crippen LogP contribution >= 0.6 is 0 Å². The summed E-state index contributed by atoms with van der Waals surface area (Å²) in [6.07, 6.45) is 3.76. The lowest BCUT2D eigenvalue weighted by atomic mass is 10.1. The second-order valence-corrected chi connectivity index (χ2v) is 4.44. The Bertz CT molecular complexity index is 473. The van der Waals surface area contributed by atoms with Crippen molar-refractivity contribution >= 4 is 0 Å². The number of rotatable bonds is 6. The van der Waals surface area contributed by atoms with Gasteiger partial charge in [0.15, 0.2) is 0 Å². The molecular formula is C14H21N3O. The summed E-state index contributed by atoms with van der Waals surface area (Å²) < 4.78 is 7.48. The highest BCUT2D eigenvalue weighted by Crippen LogP contribution is 2.23. The number of aromatic nitrogens is 2. The largest absolute Gasteiger partial charge is 0.467 e. The Balaban J connectivity index is 2.30. The molecule has 18 heavy (non-hydrogen) atoms. The lowest BCUT2D eigenvalue weighted by Crippen LogP contribution is -2.24. The maximum atomic E-state index is 5.54. The van der Waals surface area contributed by atoms with E-state index < -0.39 is 0 Å². The number of hydrogen-bond donors (Lipinski definition) is 1. The van der Waals surface area contributed by atoms with E-state index >= 15 is 0 Å². The van der Waals surface area contributed by atoms with Crippen LogP contribution in [0.5, 0.6) is 0 Å². The van der Waals surface area contributed by atoms with Crippen molar-refractivity contribution in [3.05, 3.63) is 41.6 Å². The molecule has 2 aromatic rings. The van der Waals surface area contributed by atoms with Gasteiger partial charge in [-0.05, 0) is 37.6 Å². The van der Waals surface area contributed by atoms with Gasteiger partial charge in [-0.2, -0.15) is 5.10 Å². The first-order valence-corrected chi connectivity index (χ1v) is 6.55. The van der Waals surface area contributed by atoms with Crippen LogP contribution in [0, 0.1) is 0 Å². The first-order valence-electron chi connectivity index (χ1n) is 6.55. The highest BCUT2D eigenvalue weighted by Gasteiger charge is 2.20. The SMILES string of the molecule is CCCNC(c1ccco1)c1cc(CC)nn1C. The predicted molar refractivity (Wildman–Crippen MR) is 71.4 cm³/mol. The zero-order chi connectivity index (χ0) is 13.0. The van der Waals surface area contributed by atoms with Gasteiger partial charge in [0.05, 0.1) is 17.7 Å². The van der Waals surface area contributed by atoms with Gasteiger partial charge in [-0.25, -0.2) is 0 Å². The molecule has 2 heterocycles. The quantitative estimate of drug-likeness (QED) is 0.853. The Morgan fingerprint density at radius 1 is 1.44 bits per heavy atom. The van der Waals surface area contributed by atoms with Crippen LogP contribution in [0.1, 0.15) is 43.5 Å². The minimum absolute atomic E-state index is 0.0812. The maximum Gasteiger partial charge on any atom is 0.126 e. The molecule has 0 fully saturated rings. The molecule has 1 N–H and O–H groups in total. The topological polar surface area (TPSA) is 43.0 Å². The van der Waals surface area contributed by atoms with Gasteiger partial charge in [-0.1, -0.05) is 13.8 Å².